The van der Waals surface area contributed by atoms with E-state index in [1.165, 1.54) is 63.7 Å². The first-order valence-electron chi connectivity index (χ1n) is 8.84. The number of likely N-dealkylation sites (tertiary alicyclic amines) is 1. The van der Waals surface area contributed by atoms with E-state index < -0.39 is 0 Å². The molecule has 2 saturated carbocycles. The minimum absolute atomic E-state index is 0.721. The number of hydrogen-bond acceptors (Lipinski definition) is 2. The van der Waals surface area contributed by atoms with E-state index in [0.717, 1.165) is 23.9 Å². The fraction of sp³-hybridized carbons (Fsp3) is 0.684. The van der Waals surface area contributed by atoms with E-state index in [9.17, 15) is 0 Å². The first-order valence-corrected chi connectivity index (χ1v) is 8.84. The van der Waals surface area contributed by atoms with Crippen molar-refractivity contribution in [3.05, 3.63) is 35.9 Å². The summed E-state index contributed by atoms with van der Waals surface area (Å²) >= 11 is 0. The highest BCUT2D eigenvalue weighted by atomic mass is 15.2. The second-order valence-corrected chi connectivity index (χ2v) is 7.58. The molecule has 0 aromatic heterocycles. The Hall–Kier alpha value is -0.860. The van der Waals surface area contributed by atoms with E-state index in [-0.39, 0.29) is 0 Å². The van der Waals surface area contributed by atoms with Gasteiger partial charge in [-0.25, -0.2) is 0 Å². The fourth-order valence-electron chi connectivity index (χ4n) is 4.14. The molecule has 1 aromatic rings. The van der Waals surface area contributed by atoms with Crippen LogP contribution in [-0.2, 0) is 6.54 Å². The van der Waals surface area contributed by atoms with Crippen LogP contribution in [0.4, 0.5) is 0 Å². The Bertz CT molecular complexity index is 462. The third kappa shape index (κ3) is 3.32. The van der Waals surface area contributed by atoms with Crippen LogP contribution in [0.5, 0.6) is 0 Å². The van der Waals surface area contributed by atoms with E-state index in [0.29, 0.717) is 0 Å². The van der Waals surface area contributed by atoms with Crippen LogP contribution >= 0.6 is 0 Å². The lowest BCUT2D eigenvalue weighted by atomic mass is 9.98. The maximum absolute atomic E-state index is 3.92. The van der Waals surface area contributed by atoms with Crippen LogP contribution < -0.4 is 5.32 Å². The highest BCUT2D eigenvalue weighted by Crippen LogP contribution is 2.60. The fourth-order valence-corrected chi connectivity index (χ4v) is 4.14. The summed E-state index contributed by atoms with van der Waals surface area (Å²) < 4.78 is 0. The van der Waals surface area contributed by atoms with E-state index >= 15 is 0 Å². The summed E-state index contributed by atoms with van der Waals surface area (Å²) in [6.45, 7) is 4.91. The van der Waals surface area contributed by atoms with Gasteiger partial charge in [-0.2, -0.15) is 0 Å². The van der Waals surface area contributed by atoms with Gasteiger partial charge in [0.15, 0.2) is 0 Å². The largest absolute Gasteiger partial charge is 0.312 e. The van der Waals surface area contributed by atoms with Gasteiger partial charge >= 0.3 is 0 Å². The molecule has 0 radical (unpaired) electrons. The van der Waals surface area contributed by atoms with Crippen LogP contribution in [0.3, 0.4) is 0 Å². The summed E-state index contributed by atoms with van der Waals surface area (Å²) in [5.74, 6) is 1.08. The van der Waals surface area contributed by atoms with Gasteiger partial charge in [-0.15, -0.1) is 0 Å². The summed E-state index contributed by atoms with van der Waals surface area (Å²) in [6, 6.07) is 11.6. The van der Waals surface area contributed by atoms with Gasteiger partial charge in [-0.1, -0.05) is 30.3 Å². The van der Waals surface area contributed by atoms with E-state index in [2.05, 4.69) is 40.5 Å². The second kappa shape index (κ2) is 5.73. The predicted octanol–water partition coefficient (Wildman–Crippen LogP) is 3.43. The van der Waals surface area contributed by atoms with Gasteiger partial charge < -0.3 is 5.32 Å². The van der Waals surface area contributed by atoms with Crippen molar-refractivity contribution in [2.24, 2.45) is 11.3 Å². The summed E-state index contributed by atoms with van der Waals surface area (Å²) in [6.07, 6.45) is 8.71. The molecule has 2 aliphatic carbocycles. The Morgan fingerprint density at radius 1 is 1.10 bits per heavy atom. The van der Waals surface area contributed by atoms with Crippen molar-refractivity contribution >= 4 is 0 Å². The Kier molecular flexibility index (Phi) is 3.76. The molecule has 0 bridgehead atoms. The van der Waals surface area contributed by atoms with Gasteiger partial charge in [-0.3, -0.25) is 4.90 Å². The molecule has 1 N–H and O–H groups in total. The lowest BCUT2D eigenvalue weighted by Crippen LogP contribution is -2.47. The molecule has 114 valence electrons. The van der Waals surface area contributed by atoms with Gasteiger partial charge in [0.05, 0.1) is 0 Å². The summed E-state index contributed by atoms with van der Waals surface area (Å²) in [4.78, 5) is 2.63. The molecule has 4 rings (SSSR count). The zero-order valence-corrected chi connectivity index (χ0v) is 13.1. The molecule has 21 heavy (non-hydrogen) atoms. The number of benzene rings is 1. The van der Waals surface area contributed by atoms with Crippen LogP contribution in [0.25, 0.3) is 0 Å². The molecule has 0 spiro atoms. The SMILES string of the molecule is c1ccc(CN2CCCC(NCC3(C4CC4)CC3)C2)cc1. The van der Waals surface area contributed by atoms with Gasteiger partial charge in [0.1, 0.15) is 0 Å². The lowest BCUT2D eigenvalue weighted by molar-refractivity contribution is 0.177. The smallest absolute Gasteiger partial charge is 0.0234 e. The Morgan fingerprint density at radius 2 is 1.90 bits per heavy atom. The zero-order chi connectivity index (χ0) is 14.1. The molecule has 1 unspecified atom stereocenters. The molecule has 3 aliphatic rings. The third-order valence-electron chi connectivity index (χ3n) is 5.83. The molecular formula is C19H28N2. The summed E-state index contributed by atoms with van der Waals surface area (Å²) in [5, 5.41) is 3.92. The number of hydrogen-bond donors (Lipinski definition) is 1. The Labute approximate surface area is 128 Å². The standard InChI is InChI=1S/C19H28N2/c1-2-5-16(6-3-1)13-21-12-4-7-18(14-21)20-15-19(10-11-19)17-8-9-17/h1-3,5-6,17-18,20H,4,7-15H2. The summed E-state index contributed by atoms with van der Waals surface area (Å²) in [5.41, 5.74) is 2.19. The van der Waals surface area contributed by atoms with Gasteiger partial charge in [0.2, 0.25) is 0 Å². The molecular weight excluding hydrogens is 256 g/mol. The van der Waals surface area contributed by atoms with E-state index in [1.54, 1.807) is 0 Å². The Balaban J connectivity index is 1.27. The minimum Gasteiger partial charge on any atom is -0.312 e. The normalized spacial score (nSPS) is 28.5. The van der Waals surface area contributed by atoms with Gasteiger partial charge in [0, 0.05) is 25.7 Å². The number of piperidine rings is 1. The van der Waals surface area contributed by atoms with Crippen molar-refractivity contribution in [3.8, 4) is 0 Å². The average molecular weight is 284 g/mol. The maximum atomic E-state index is 3.92. The minimum atomic E-state index is 0.721. The van der Waals surface area contributed by atoms with Gasteiger partial charge in [0.25, 0.3) is 0 Å². The molecule has 1 saturated heterocycles. The Morgan fingerprint density at radius 3 is 2.62 bits per heavy atom. The van der Waals surface area contributed by atoms with Crippen LogP contribution in [0.2, 0.25) is 0 Å². The van der Waals surface area contributed by atoms with Crippen molar-refractivity contribution in [1.82, 2.24) is 10.2 Å². The number of nitrogens with zero attached hydrogens (tertiary/aromatic N) is 1. The molecule has 1 aromatic carbocycles. The van der Waals surface area contributed by atoms with Crippen LogP contribution in [0, 0.1) is 11.3 Å². The van der Waals surface area contributed by atoms with Crippen LogP contribution in [-0.4, -0.2) is 30.6 Å². The maximum Gasteiger partial charge on any atom is 0.0234 e. The molecule has 0 amide bonds. The lowest BCUT2D eigenvalue weighted by Gasteiger charge is -2.34. The number of rotatable bonds is 6. The number of nitrogens with one attached hydrogen (secondary N) is 1. The molecule has 1 atom stereocenters. The topological polar surface area (TPSA) is 15.3 Å². The van der Waals surface area contributed by atoms with E-state index in [1.807, 2.05) is 0 Å². The molecule has 1 heterocycles. The van der Waals surface area contributed by atoms with Crippen molar-refractivity contribution in [3.63, 3.8) is 0 Å². The third-order valence-corrected chi connectivity index (χ3v) is 5.83. The molecule has 3 fully saturated rings. The highest BCUT2D eigenvalue weighted by Gasteiger charge is 2.53. The highest BCUT2D eigenvalue weighted by molar-refractivity contribution is 5.14. The van der Waals surface area contributed by atoms with E-state index in [4.69, 9.17) is 0 Å². The predicted molar refractivity (Wildman–Crippen MR) is 87.1 cm³/mol. The molecule has 2 heteroatoms. The first kappa shape index (κ1) is 13.8. The van der Waals surface area contributed by atoms with Crippen molar-refractivity contribution in [1.29, 1.82) is 0 Å². The zero-order valence-electron chi connectivity index (χ0n) is 13.1. The van der Waals surface area contributed by atoms with Crippen LogP contribution in [0.15, 0.2) is 30.3 Å². The second-order valence-electron chi connectivity index (χ2n) is 7.58. The van der Waals surface area contributed by atoms with Crippen molar-refractivity contribution in [2.75, 3.05) is 19.6 Å². The average Bonchev–Trinajstić information content (AvgIpc) is 3.39. The van der Waals surface area contributed by atoms with Crippen LogP contribution in [0.1, 0.15) is 44.1 Å². The molecule has 2 nitrogen and oxygen atoms in total. The first-order chi connectivity index (χ1) is 10.3. The van der Waals surface area contributed by atoms with Crippen molar-refractivity contribution in [2.45, 2.75) is 51.1 Å². The monoisotopic (exact) mass is 284 g/mol. The van der Waals surface area contributed by atoms with Crippen molar-refractivity contribution < 1.29 is 0 Å². The molecule has 1 aliphatic heterocycles. The summed E-state index contributed by atoms with van der Waals surface area (Å²) in [7, 11) is 0. The quantitative estimate of drug-likeness (QED) is 0.861. The van der Waals surface area contributed by atoms with Gasteiger partial charge in [-0.05, 0) is 62.0 Å².